The molecule has 1 amide bonds. The van der Waals surface area contributed by atoms with Crippen molar-refractivity contribution in [1.29, 1.82) is 0 Å². The lowest BCUT2D eigenvalue weighted by atomic mass is 9.89. The summed E-state index contributed by atoms with van der Waals surface area (Å²) in [6.07, 6.45) is -4.67. The third-order valence-corrected chi connectivity index (χ3v) is 3.39. The van der Waals surface area contributed by atoms with E-state index in [1.807, 2.05) is 0 Å². The first-order valence-electron chi connectivity index (χ1n) is 4.99. The lowest BCUT2D eigenvalue weighted by Crippen LogP contribution is -2.64. The predicted octanol–water partition coefficient (Wildman–Crippen LogP) is -2.57. The highest BCUT2D eigenvalue weighted by molar-refractivity contribution is 5.84. The molecule has 0 unspecified atom stereocenters. The van der Waals surface area contributed by atoms with Crippen LogP contribution in [0.4, 0.5) is 0 Å². The third kappa shape index (κ3) is 1.37. The normalized spacial score (nSPS) is 50.7. The van der Waals surface area contributed by atoms with E-state index in [1.54, 1.807) is 6.92 Å². The number of piperidine rings is 1. The van der Waals surface area contributed by atoms with E-state index in [4.69, 9.17) is 0 Å². The second-order valence-corrected chi connectivity index (χ2v) is 4.28. The van der Waals surface area contributed by atoms with Gasteiger partial charge >= 0.3 is 0 Å². The summed E-state index contributed by atoms with van der Waals surface area (Å²) in [6, 6.07) is -1.18. The number of rotatable bonds is 0. The SMILES string of the molecule is C[C@H]1[C@@H](O)[C@@H](O)[C@H](O)[C@@H]2C[C@H](O)C(=O)N12. The molecule has 4 N–H and O–H groups in total. The summed E-state index contributed by atoms with van der Waals surface area (Å²) in [7, 11) is 0. The summed E-state index contributed by atoms with van der Waals surface area (Å²) >= 11 is 0. The zero-order valence-corrected chi connectivity index (χ0v) is 8.32. The lowest BCUT2D eigenvalue weighted by Gasteiger charge is -2.44. The van der Waals surface area contributed by atoms with Gasteiger partial charge in [-0.1, -0.05) is 0 Å². The van der Waals surface area contributed by atoms with Gasteiger partial charge in [0.1, 0.15) is 24.4 Å². The molecule has 15 heavy (non-hydrogen) atoms. The molecule has 2 aliphatic rings. The quantitative estimate of drug-likeness (QED) is 0.357. The van der Waals surface area contributed by atoms with Crippen LogP contribution in [0, 0.1) is 0 Å². The van der Waals surface area contributed by atoms with E-state index in [0.29, 0.717) is 0 Å². The van der Waals surface area contributed by atoms with E-state index < -0.39 is 42.4 Å². The van der Waals surface area contributed by atoms with E-state index in [2.05, 4.69) is 0 Å². The molecule has 0 aromatic heterocycles. The van der Waals surface area contributed by atoms with Gasteiger partial charge in [-0.3, -0.25) is 4.79 Å². The molecule has 86 valence electrons. The molecule has 0 saturated carbocycles. The van der Waals surface area contributed by atoms with Gasteiger partial charge in [-0.15, -0.1) is 0 Å². The summed E-state index contributed by atoms with van der Waals surface area (Å²) in [5, 5.41) is 38.1. The molecule has 0 spiro atoms. The number of carbonyl (C=O) groups is 1. The van der Waals surface area contributed by atoms with Gasteiger partial charge in [-0.2, -0.15) is 0 Å². The zero-order chi connectivity index (χ0) is 11.3. The predicted molar refractivity (Wildman–Crippen MR) is 48.7 cm³/mol. The number of aliphatic hydroxyl groups excluding tert-OH is 4. The Morgan fingerprint density at radius 3 is 2.33 bits per heavy atom. The summed E-state index contributed by atoms with van der Waals surface area (Å²) in [4.78, 5) is 12.8. The van der Waals surface area contributed by atoms with Gasteiger partial charge < -0.3 is 25.3 Å². The first-order chi connectivity index (χ1) is 6.95. The molecule has 0 aromatic rings. The Morgan fingerprint density at radius 2 is 1.73 bits per heavy atom. The Kier molecular flexibility index (Phi) is 2.46. The van der Waals surface area contributed by atoms with Crippen LogP contribution in [0.25, 0.3) is 0 Å². The number of carbonyl (C=O) groups excluding carboxylic acids is 1. The molecule has 6 nitrogen and oxygen atoms in total. The van der Waals surface area contributed by atoms with Crippen LogP contribution in [-0.2, 0) is 4.79 Å². The van der Waals surface area contributed by atoms with Crippen LogP contribution in [0.1, 0.15) is 13.3 Å². The van der Waals surface area contributed by atoms with Crippen LogP contribution in [0.3, 0.4) is 0 Å². The number of hydrogen-bond acceptors (Lipinski definition) is 5. The van der Waals surface area contributed by atoms with Crippen LogP contribution >= 0.6 is 0 Å². The van der Waals surface area contributed by atoms with Crippen molar-refractivity contribution in [2.24, 2.45) is 0 Å². The maximum absolute atomic E-state index is 11.5. The summed E-state index contributed by atoms with van der Waals surface area (Å²) < 4.78 is 0. The van der Waals surface area contributed by atoms with Crippen LogP contribution < -0.4 is 0 Å². The fourth-order valence-corrected chi connectivity index (χ4v) is 2.46. The van der Waals surface area contributed by atoms with Crippen molar-refractivity contribution in [3.8, 4) is 0 Å². The van der Waals surface area contributed by atoms with Crippen molar-refractivity contribution >= 4 is 5.91 Å². The molecule has 2 fully saturated rings. The van der Waals surface area contributed by atoms with Crippen LogP contribution in [0.5, 0.6) is 0 Å². The summed E-state index contributed by atoms with van der Waals surface area (Å²) in [6.45, 7) is 1.59. The number of fused-ring (bicyclic) bond motifs is 1. The van der Waals surface area contributed by atoms with Crippen molar-refractivity contribution in [2.45, 2.75) is 49.8 Å². The molecule has 6 heteroatoms. The standard InChI is InChI=1S/C9H15NO5/c1-3-6(12)8(14)7(13)4-2-5(11)9(15)10(3)4/h3-8,11-14H,2H2,1H3/t3-,4-,5-,6+,7+,8+/m0/s1. The van der Waals surface area contributed by atoms with Gasteiger partial charge in [0.2, 0.25) is 0 Å². The molecule has 0 aromatic carbocycles. The van der Waals surface area contributed by atoms with E-state index in [-0.39, 0.29) is 6.42 Å². The second kappa shape index (κ2) is 3.41. The molecular formula is C9H15NO5. The van der Waals surface area contributed by atoms with Crippen LogP contribution in [-0.4, -0.2) is 67.7 Å². The highest BCUT2D eigenvalue weighted by atomic mass is 16.4. The Bertz CT molecular complexity index is 284. The zero-order valence-electron chi connectivity index (χ0n) is 8.32. The molecule has 2 saturated heterocycles. The Morgan fingerprint density at radius 1 is 1.13 bits per heavy atom. The van der Waals surface area contributed by atoms with Gasteiger partial charge in [-0.05, 0) is 6.92 Å². The minimum absolute atomic E-state index is 0.105. The topological polar surface area (TPSA) is 101 Å². The number of nitrogens with zero attached hydrogens (tertiary/aromatic N) is 1. The Balaban J connectivity index is 2.30. The van der Waals surface area contributed by atoms with E-state index in [9.17, 15) is 25.2 Å². The lowest BCUT2D eigenvalue weighted by molar-refractivity contribution is -0.166. The molecular weight excluding hydrogens is 202 g/mol. The van der Waals surface area contributed by atoms with Crippen molar-refractivity contribution in [2.75, 3.05) is 0 Å². The average Bonchev–Trinajstić information content (AvgIpc) is 2.50. The largest absolute Gasteiger partial charge is 0.388 e. The van der Waals surface area contributed by atoms with E-state index in [1.165, 1.54) is 4.90 Å². The first kappa shape index (κ1) is 10.8. The second-order valence-electron chi connectivity index (χ2n) is 4.28. The monoisotopic (exact) mass is 217 g/mol. The van der Waals surface area contributed by atoms with E-state index in [0.717, 1.165) is 0 Å². The fourth-order valence-electron chi connectivity index (χ4n) is 2.46. The van der Waals surface area contributed by atoms with Gasteiger partial charge in [0, 0.05) is 6.42 Å². The summed E-state index contributed by atoms with van der Waals surface area (Å²) in [5.74, 6) is -0.488. The number of aliphatic hydroxyl groups is 4. The summed E-state index contributed by atoms with van der Waals surface area (Å²) in [5.41, 5.74) is 0. The molecule has 2 heterocycles. The Hall–Kier alpha value is -0.690. The Labute approximate surface area is 86.7 Å². The molecule has 0 aliphatic carbocycles. The maximum atomic E-state index is 11.5. The molecule has 2 aliphatic heterocycles. The van der Waals surface area contributed by atoms with Gasteiger partial charge in [0.15, 0.2) is 0 Å². The molecule has 2 rings (SSSR count). The van der Waals surface area contributed by atoms with Crippen molar-refractivity contribution in [3.05, 3.63) is 0 Å². The number of hydrogen-bond donors (Lipinski definition) is 4. The minimum atomic E-state index is -1.26. The average molecular weight is 217 g/mol. The molecule has 0 radical (unpaired) electrons. The van der Waals surface area contributed by atoms with Crippen molar-refractivity contribution in [3.63, 3.8) is 0 Å². The van der Waals surface area contributed by atoms with Crippen molar-refractivity contribution in [1.82, 2.24) is 4.90 Å². The highest BCUT2D eigenvalue weighted by Gasteiger charge is 2.53. The van der Waals surface area contributed by atoms with Gasteiger partial charge in [0.25, 0.3) is 5.91 Å². The smallest absolute Gasteiger partial charge is 0.252 e. The molecule has 0 bridgehead atoms. The third-order valence-electron chi connectivity index (χ3n) is 3.39. The highest BCUT2D eigenvalue weighted by Crippen LogP contribution is 2.32. The fraction of sp³-hybridized carbons (Fsp3) is 0.889. The maximum Gasteiger partial charge on any atom is 0.252 e. The molecule has 6 atom stereocenters. The minimum Gasteiger partial charge on any atom is -0.388 e. The van der Waals surface area contributed by atoms with Crippen LogP contribution in [0.15, 0.2) is 0 Å². The first-order valence-corrected chi connectivity index (χ1v) is 4.99. The van der Waals surface area contributed by atoms with E-state index >= 15 is 0 Å². The van der Waals surface area contributed by atoms with Gasteiger partial charge in [-0.25, -0.2) is 0 Å². The van der Waals surface area contributed by atoms with Crippen LogP contribution in [0.2, 0.25) is 0 Å². The van der Waals surface area contributed by atoms with Crippen molar-refractivity contribution < 1.29 is 25.2 Å². The number of amides is 1. The van der Waals surface area contributed by atoms with Gasteiger partial charge in [0.05, 0.1) is 12.1 Å².